The third kappa shape index (κ3) is 4.26. The molecule has 192 valence electrons. The molecule has 38 heavy (non-hydrogen) atoms. The van der Waals surface area contributed by atoms with Gasteiger partial charge in [0.2, 0.25) is 0 Å². The van der Waals surface area contributed by atoms with Crippen molar-refractivity contribution in [2.75, 3.05) is 0 Å². The molecule has 3 aromatic heterocycles. The molecule has 0 aliphatic heterocycles. The molecule has 0 radical (unpaired) electrons. The highest BCUT2D eigenvalue weighted by molar-refractivity contribution is 7.29. The maximum absolute atomic E-state index is 4.97. The van der Waals surface area contributed by atoms with Crippen molar-refractivity contribution in [3.05, 3.63) is 89.1 Å². The van der Waals surface area contributed by atoms with Gasteiger partial charge in [-0.15, -0.1) is 22.7 Å². The monoisotopic (exact) mass is 533 g/mol. The van der Waals surface area contributed by atoms with Crippen LogP contribution in [0.3, 0.4) is 0 Å². The zero-order chi connectivity index (χ0) is 26.8. The van der Waals surface area contributed by atoms with Gasteiger partial charge in [0.05, 0.1) is 10.4 Å². The molecule has 0 bridgehead atoms. The Kier molecular flexibility index (Phi) is 6.20. The molecule has 0 saturated carbocycles. The number of pyridine rings is 1. The van der Waals surface area contributed by atoms with Gasteiger partial charge in [0.15, 0.2) is 0 Å². The molecule has 6 aromatic rings. The van der Waals surface area contributed by atoms with Crippen LogP contribution in [-0.2, 0) is 11.8 Å². The van der Waals surface area contributed by atoms with Crippen molar-refractivity contribution < 1.29 is 0 Å². The predicted octanol–water partition coefficient (Wildman–Crippen LogP) is 11.1. The summed E-state index contributed by atoms with van der Waals surface area (Å²) in [6.45, 7) is 16.1. The van der Waals surface area contributed by atoms with Gasteiger partial charge in [-0.25, -0.2) is 0 Å². The van der Waals surface area contributed by atoms with E-state index in [9.17, 15) is 0 Å². The summed E-state index contributed by atoms with van der Waals surface area (Å²) in [4.78, 5) is 7.76. The molecule has 1 nitrogen and oxygen atoms in total. The fraction of sp³-hybridized carbons (Fsp3) is 0.286. The minimum atomic E-state index is 0.0443. The average molecular weight is 534 g/mol. The first-order valence-electron chi connectivity index (χ1n) is 13.6. The smallest absolute Gasteiger partial charge is 0.0880 e. The van der Waals surface area contributed by atoms with Crippen LogP contribution in [0.2, 0.25) is 0 Å². The molecule has 3 heterocycles. The Labute approximate surface area is 234 Å². The summed E-state index contributed by atoms with van der Waals surface area (Å²) < 4.78 is 2.66. The van der Waals surface area contributed by atoms with Crippen molar-refractivity contribution in [1.29, 1.82) is 0 Å². The molecular formula is C35H35NS2. The van der Waals surface area contributed by atoms with E-state index < -0.39 is 0 Å². The van der Waals surface area contributed by atoms with E-state index >= 15 is 0 Å². The zero-order valence-corrected chi connectivity index (χ0v) is 25.0. The Morgan fingerprint density at radius 2 is 1.53 bits per heavy atom. The lowest BCUT2D eigenvalue weighted by molar-refractivity contribution is 0.596. The number of nitrogens with zero attached hydrogens (tertiary/aromatic N) is 1. The van der Waals surface area contributed by atoms with Gasteiger partial charge in [0.25, 0.3) is 0 Å². The molecule has 3 heteroatoms. The van der Waals surface area contributed by atoms with E-state index in [0.717, 1.165) is 12.1 Å². The molecule has 0 fully saturated rings. The number of hydrogen-bond donors (Lipinski definition) is 0. The lowest BCUT2D eigenvalue weighted by Gasteiger charge is -2.22. The normalized spacial score (nSPS) is 12.4. The Morgan fingerprint density at radius 3 is 2.29 bits per heavy atom. The molecule has 0 spiro atoms. The van der Waals surface area contributed by atoms with Crippen LogP contribution >= 0.6 is 22.7 Å². The van der Waals surface area contributed by atoms with Crippen molar-refractivity contribution >= 4 is 53.6 Å². The third-order valence-corrected chi connectivity index (χ3v) is 10.4. The zero-order valence-electron chi connectivity index (χ0n) is 23.4. The van der Waals surface area contributed by atoms with E-state index in [1.165, 1.54) is 68.5 Å². The molecule has 6 rings (SSSR count). The molecule has 0 aliphatic carbocycles. The van der Waals surface area contributed by atoms with Crippen molar-refractivity contribution in [1.82, 2.24) is 4.98 Å². The van der Waals surface area contributed by atoms with E-state index in [2.05, 4.69) is 109 Å². The summed E-state index contributed by atoms with van der Waals surface area (Å²) in [5, 5.41) is 5.33. The number of fused-ring (bicyclic) bond motifs is 3. The molecule has 3 aromatic carbocycles. The number of hydrogen-bond acceptors (Lipinski definition) is 3. The fourth-order valence-electron chi connectivity index (χ4n) is 5.72. The average Bonchev–Trinajstić information content (AvgIpc) is 3.38. The minimum absolute atomic E-state index is 0.0443. The summed E-state index contributed by atoms with van der Waals surface area (Å²) in [6, 6.07) is 22.7. The second kappa shape index (κ2) is 9.32. The number of aryl methyl sites for hydroxylation is 2. The highest BCUT2D eigenvalue weighted by Crippen LogP contribution is 2.48. The first kappa shape index (κ1) is 25.3. The number of aromatic nitrogens is 1. The Morgan fingerprint density at radius 1 is 0.789 bits per heavy atom. The molecule has 0 atom stereocenters. The van der Waals surface area contributed by atoms with Crippen LogP contribution in [0.1, 0.15) is 56.9 Å². The van der Waals surface area contributed by atoms with Gasteiger partial charge in [0, 0.05) is 26.2 Å². The molecule has 0 unspecified atom stereocenters. The van der Waals surface area contributed by atoms with Crippen molar-refractivity contribution in [2.24, 2.45) is 5.92 Å². The van der Waals surface area contributed by atoms with Crippen LogP contribution in [0.4, 0.5) is 0 Å². The van der Waals surface area contributed by atoms with Crippen molar-refractivity contribution in [2.45, 2.75) is 60.3 Å². The lowest BCUT2D eigenvalue weighted by Crippen LogP contribution is -2.12. The highest BCUT2D eigenvalue weighted by Gasteiger charge is 2.22. The van der Waals surface area contributed by atoms with Crippen LogP contribution in [0.25, 0.3) is 52.0 Å². The van der Waals surface area contributed by atoms with Crippen LogP contribution in [0.15, 0.2) is 66.9 Å². The van der Waals surface area contributed by atoms with Gasteiger partial charge in [-0.2, -0.15) is 0 Å². The van der Waals surface area contributed by atoms with Crippen molar-refractivity contribution in [3.8, 4) is 21.0 Å². The van der Waals surface area contributed by atoms with Gasteiger partial charge in [0.1, 0.15) is 0 Å². The van der Waals surface area contributed by atoms with E-state index in [4.69, 9.17) is 4.98 Å². The number of benzene rings is 3. The SMILES string of the molecule is Cc1c(-c2sc3c(-c4cc(C(C)(C)C)c5ccccc5c4)nccc3c2C)sc2ccc(CC(C)C)cc12. The topological polar surface area (TPSA) is 12.9 Å². The summed E-state index contributed by atoms with van der Waals surface area (Å²) in [7, 11) is 0. The predicted molar refractivity (Wildman–Crippen MR) is 170 cm³/mol. The molecule has 0 saturated heterocycles. The van der Waals surface area contributed by atoms with Gasteiger partial charge < -0.3 is 0 Å². The summed E-state index contributed by atoms with van der Waals surface area (Å²) in [6.07, 6.45) is 3.11. The quantitative estimate of drug-likeness (QED) is 0.220. The van der Waals surface area contributed by atoms with Crippen LogP contribution in [0.5, 0.6) is 0 Å². The van der Waals surface area contributed by atoms with Crippen LogP contribution in [-0.4, -0.2) is 4.98 Å². The molecule has 0 aliphatic rings. The standard InChI is InChI=1S/C35H35NS2/c1-20(2)16-23-12-13-30-28(17-23)22(4)32(37-30)33-21(3)26-14-15-36-31(34(26)38-33)25-18-24-10-8-9-11-27(24)29(19-25)35(5,6)7/h8-15,17-20H,16H2,1-7H3. The first-order valence-corrected chi connectivity index (χ1v) is 15.2. The highest BCUT2D eigenvalue weighted by atomic mass is 32.1. The van der Waals surface area contributed by atoms with Crippen LogP contribution in [0, 0.1) is 19.8 Å². The van der Waals surface area contributed by atoms with E-state index in [0.29, 0.717) is 5.92 Å². The third-order valence-electron chi connectivity index (χ3n) is 7.65. The van der Waals surface area contributed by atoms with E-state index in [1.54, 1.807) is 0 Å². The van der Waals surface area contributed by atoms with Crippen molar-refractivity contribution in [3.63, 3.8) is 0 Å². The minimum Gasteiger partial charge on any atom is -0.255 e. The summed E-state index contributed by atoms with van der Waals surface area (Å²) >= 11 is 3.84. The lowest BCUT2D eigenvalue weighted by atomic mass is 9.82. The van der Waals surface area contributed by atoms with E-state index in [1.807, 2.05) is 28.9 Å². The Hall–Kier alpha value is -3.01. The second-order valence-corrected chi connectivity index (χ2v) is 14.1. The molecule has 0 N–H and O–H groups in total. The van der Waals surface area contributed by atoms with Gasteiger partial charge >= 0.3 is 0 Å². The molecular weight excluding hydrogens is 499 g/mol. The maximum atomic E-state index is 4.97. The largest absolute Gasteiger partial charge is 0.255 e. The maximum Gasteiger partial charge on any atom is 0.0880 e. The summed E-state index contributed by atoms with van der Waals surface area (Å²) in [5.41, 5.74) is 7.92. The number of rotatable bonds is 4. The van der Waals surface area contributed by atoms with Crippen LogP contribution < -0.4 is 0 Å². The second-order valence-electron chi connectivity index (χ2n) is 12.1. The Balaban J connectivity index is 1.55. The van der Waals surface area contributed by atoms with E-state index in [-0.39, 0.29) is 5.41 Å². The number of thiophene rings is 2. The fourth-order valence-corrected chi connectivity index (χ4v) is 8.47. The van der Waals surface area contributed by atoms with Gasteiger partial charge in [-0.3, -0.25) is 4.98 Å². The first-order chi connectivity index (χ1) is 18.1. The molecule has 0 amide bonds. The summed E-state index contributed by atoms with van der Waals surface area (Å²) in [5.74, 6) is 0.663. The van der Waals surface area contributed by atoms with Gasteiger partial charge in [-0.05, 0) is 99.7 Å². The Bertz CT molecular complexity index is 1820. The van der Waals surface area contributed by atoms with Gasteiger partial charge in [-0.1, -0.05) is 71.0 Å².